The van der Waals surface area contributed by atoms with Crippen LogP contribution in [0.25, 0.3) is 0 Å². The van der Waals surface area contributed by atoms with Crippen LogP contribution in [0.4, 0.5) is 5.69 Å². The van der Waals surface area contributed by atoms with Gasteiger partial charge in [0.25, 0.3) is 0 Å². The van der Waals surface area contributed by atoms with Crippen molar-refractivity contribution in [2.75, 3.05) is 26.8 Å². The van der Waals surface area contributed by atoms with Gasteiger partial charge in [0.2, 0.25) is 0 Å². The molecular formula is C14H20N2O. The second-order valence-electron chi connectivity index (χ2n) is 5.15. The van der Waals surface area contributed by atoms with E-state index in [1.165, 1.54) is 28.1 Å². The summed E-state index contributed by atoms with van der Waals surface area (Å²) in [4.78, 5) is 3.71. The molecule has 2 aliphatic rings. The van der Waals surface area contributed by atoms with Crippen molar-refractivity contribution in [1.82, 2.24) is 4.90 Å². The molecule has 1 aromatic carbocycles. The van der Waals surface area contributed by atoms with Crippen molar-refractivity contribution in [2.45, 2.75) is 19.0 Å². The highest BCUT2D eigenvalue weighted by atomic mass is 16.5. The predicted molar refractivity (Wildman–Crippen MR) is 67.1 cm³/mol. The Hall–Kier alpha value is -0.900. The SMILES string of the molecule is [CH2-][NH+]1CCc2c(CN(C)C3COC3)cccc21. The van der Waals surface area contributed by atoms with Gasteiger partial charge in [-0.05, 0) is 18.7 Å². The van der Waals surface area contributed by atoms with Gasteiger partial charge in [-0.1, -0.05) is 12.1 Å². The zero-order valence-electron chi connectivity index (χ0n) is 10.4. The number of fused-ring (bicyclic) bond motifs is 1. The zero-order valence-corrected chi connectivity index (χ0v) is 10.4. The molecule has 1 unspecified atom stereocenters. The lowest BCUT2D eigenvalue weighted by Gasteiger charge is -2.34. The molecule has 0 bridgehead atoms. The summed E-state index contributed by atoms with van der Waals surface area (Å²) >= 11 is 0. The van der Waals surface area contributed by atoms with Crippen LogP contribution in [0.1, 0.15) is 11.1 Å². The number of rotatable bonds is 3. The molecule has 1 atom stereocenters. The number of ether oxygens (including phenoxy) is 1. The number of quaternary nitrogens is 1. The first-order valence-corrected chi connectivity index (χ1v) is 6.32. The van der Waals surface area contributed by atoms with E-state index in [0.29, 0.717) is 6.04 Å². The van der Waals surface area contributed by atoms with Crippen LogP contribution in [-0.4, -0.2) is 37.7 Å². The molecule has 3 nitrogen and oxygen atoms in total. The fraction of sp³-hybridized carbons (Fsp3) is 0.500. The Balaban J connectivity index is 1.79. The second kappa shape index (κ2) is 4.41. The summed E-state index contributed by atoms with van der Waals surface area (Å²) in [5.41, 5.74) is 4.38. The standard InChI is InChI=1S/C14H20N2O/c1-15-7-6-13-11(4-3-5-14(13)15)8-16(2)12-9-17-10-12/h3-5,12,15H,1,6-10H2,2H3. The van der Waals surface area contributed by atoms with E-state index in [9.17, 15) is 0 Å². The monoisotopic (exact) mass is 232 g/mol. The molecule has 0 aliphatic carbocycles. The van der Waals surface area contributed by atoms with E-state index in [1.54, 1.807) is 0 Å². The molecular weight excluding hydrogens is 212 g/mol. The van der Waals surface area contributed by atoms with Crippen LogP contribution in [0.3, 0.4) is 0 Å². The molecule has 92 valence electrons. The molecule has 0 radical (unpaired) electrons. The van der Waals surface area contributed by atoms with Crippen LogP contribution in [0.15, 0.2) is 18.2 Å². The minimum atomic E-state index is 0.607. The van der Waals surface area contributed by atoms with Gasteiger partial charge in [-0.3, -0.25) is 4.90 Å². The highest BCUT2D eigenvalue weighted by molar-refractivity contribution is 5.47. The van der Waals surface area contributed by atoms with E-state index in [0.717, 1.165) is 26.3 Å². The van der Waals surface area contributed by atoms with Crippen molar-refractivity contribution in [2.24, 2.45) is 0 Å². The van der Waals surface area contributed by atoms with Crippen molar-refractivity contribution >= 4 is 5.69 Å². The lowest BCUT2D eigenvalue weighted by atomic mass is 10.0. The van der Waals surface area contributed by atoms with Gasteiger partial charge in [0.05, 0.1) is 25.8 Å². The van der Waals surface area contributed by atoms with E-state index < -0.39 is 0 Å². The third-order valence-corrected chi connectivity index (χ3v) is 3.99. The molecule has 3 heteroatoms. The molecule has 1 saturated heterocycles. The Morgan fingerprint density at radius 1 is 1.47 bits per heavy atom. The Labute approximate surface area is 103 Å². The zero-order chi connectivity index (χ0) is 11.8. The van der Waals surface area contributed by atoms with Crippen molar-refractivity contribution in [3.63, 3.8) is 0 Å². The Morgan fingerprint density at radius 2 is 2.29 bits per heavy atom. The maximum atomic E-state index is 5.25. The minimum Gasteiger partial charge on any atom is -0.434 e. The second-order valence-corrected chi connectivity index (χ2v) is 5.15. The van der Waals surface area contributed by atoms with Crippen LogP contribution in [0.2, 0.25) is 0 Å². The molecule has 1 fully saturated rings. The quantitative estimate of drug-likeness (QED) is 0.759. The molecule has 17 heavy (non-hydrogen) atoms. The molecule has 0 saturated carbocycles. The molecule has 1 N–H and O–H groups in total. The summed E-state index contributed by atoms with van der Waals surface area (Å²) in [6, 6.07) is 7.24. The van der Waals surface area contributed by atoms with Crippen molar-refractivity contribution in [3.8, 4) is 0 Å². The maximum absolute atomic E-state index is 5.25. The average Bonchev–Trinajstić information content (AvgIpc) is 2.59. The van der Waals surface area contributed by atoms with E-state index >= 15 is 0 Å². The predicted octanol–water partition coefficient (Wildman–Crippen LogP) is 0.381. The van der Waals surface area contributed by atoms with Crippen molar-refractivity contribution in [1.29, 1.82) is 0 Å². The van der Waals surface area contributed by atoms with Crippen LogP contribution in [0, 0.1) is 7.05 Å². The number of nitrogens with zero attached hydrogens (tertiary/aromatic N) is 1. The molecule has 2 heterocycles. The number of nitrogens with one attached hydrogen (secondary N) is 1. The Bertz CT molecular complexity index is 415. The lowest BCUT2D eigenvalue weighted by Crippen LogP contribution is -3.00. The first-order valence-electron chi connectivity index (χ1n) is 6.32. The molecule has 3 rings (SSSR count). The van der Waals surface area contributed by atoms with Gasteiger partial charge >= 0.3 is 0 Å². The molecule has 1 aromatic rings. The summed E-state index contributed by atoms with van der Waals surface area (Å²) in [6.45, 7) is 3.93. The summed E-state index contributed by atoms with van der Waals surface area (Å²) < 4.78 is 5.25. The highest BCUT2D eigenvalue weighted by Crippen LogP contribution is 2.23. The fourth-order valence-corrected chi connectivity index (χ4v) is 2.70. The van der Waals surface area contributed by atoms with E-state index in [2.05, 4.69) is 37.2 Å². The van der Waals surface area contributed by atoms with Gasteiger partial charge in [0.1, 0.15) is 5.69 Å². The third kappa shape index (κ3) is 1.99. The topological polar surface area (TPSA) is 16.9 Å². The third-order valence-electron chi connectivity index (χ3n) is 3.99. The van der Waals surface area contributed by atoms with Crippen LogP contribution in [-0.2, 0) is 17.7 Å². The average molecular weight is 232 g/mol. The molecule has 0 amide bonds. The van der Waals surface area contributed by atoms with Gasteiger partial charge in [0.15, 0.2) is 0 Å². The minimum absolute atomic E-state index is 0.607. The largest absolute Gasteiger partial charge is 0.434 e. The van der Waals surface area contributed by atoms with Gasteiger partial charge < -0.3 is 9.64 Å². The lowest BCUT2D eigenvalue weighted by molar-refractivity contribution is -0.775. The number of likely N-dealkylation sites (N-methyl/N-ethyl adjacent to an activating group) is 1. The summed E-state index contributed by atoms with van der Waals surface area (Å²) in [6.07, 6.45) is 1.17. The van der Waals surface area contributed by atoms with Gasteiger partial charge in [-0.2, -0.15) is 0 Å². The van der Waals surface area contributed by atoms with Crippen LogP contribution >= 0.6 is 0 Å². The normalized spacial score (nSPS) is 23.8. The Morgan fingerprint density at radius 3 is 3.00 bits per heavy atom. The van der Waals surface area contributed by atoms with E-state index in [1.807, 2.05) is 0 Å². The van der Waals surface area contributed by atoms with Gasteiger partial charge in [-0.15, -0.1) is 7.05 Å². The first kappa shape index (κ1) is 11.2. The Kier molecular flexibility index (Phi) is 2.90. The maximum Gasteiger partial charge on any atom is 0.108 e. The molecule has 0 spiro atoms. The van der Waals surface area contributed by atoms with Gasteiger partial charge in [0, 0.05) is 18.5 Å². The van der Waals surface area contributed by atoms with Crippen molar-refractivity contribution in [3.05, 3.63) is 36.4 Å². The number of benzene rings is 1. The summed E-state index contributed by atoms with van der Waals surface area (Å²) in [5.74, 6) is 0. The number of hydrogen-bond donors (Lipinski definition) is 1. The fourth-order valence-electron chi connectivity index (χ4n) is 2.70. The summed E-state index contributed by atoms with van der Waals surface area (Å²) in [5, 5.41) is 0. The van der Waals surface area contributed by atoms with E-state index in [-0.39, 0.29) is 0 Å². The van der Waals surface area contributed by atoms with E-state index in [4.69, 9.17) is 4.74 Å². The van der Waals surface area contributed by atoms with Crippen LogP contribution in [0.5, 0.6) is 0 Å². The smallest absolute Gasteiger partial charge is 0.108 e. The number of hydrogen-bond acceptors (Lipinski definition) is 2. The summed E-state index contributed by atoms with van der Waals surface area (Å²) in [7, 11) is 6.34. The molecule has 0 aromatic heterocycles. The highest BCUT2D eigenvalue weighted by Gasteiger charge is 2.25. The van der Waals surface area contributed by atoms with Crippen molar-refractivity contribution < 1.29 is 9.64 Å². The van der Waals surface area contributed by atoms with Crippen LogP contribution < -0.4 is 4.90 Å². The molecule has 2 aliphatic heterocycles. The first-order chi connectivity index (χ1) is 8.25. The van der Waals surface area contributed by atoms with Gasteiger partial charge in [-0.25, -0.2) is 0 Å².